The number of nitrogens with zero attached hydrogens (tertiary/aromatic N) is 2. The maximum Gasteiger partial charge on any atom is 0.258 e. The van der Waals surface area contributed by atoms with Crippen molar-refractivity contribution >= 4 is 57.2 Å². The van der Waals surface area contributed by atoms with Crippen LogP contribution >= 0.6 is 34.7 Å². The molecule has 11 heteroatoms. The molecule has 0 atom stereocenters. The molecule has 4 aromatic rings. The number of carbonyl (C=O) groups excluding carboxylic acids is 2. The van der Waals surface area contributed by atoms with E-state index in [0.29, 0.717) is 32.3 Å². The minimum absolute atomic E-state index is 0.109. The number of aromatic amines is 1. The van der Waals surface area contributed by atoms with Gasteiger partial charge in [0.25, 0.3) is 5.91 Å². The number of amides is 2. The zero-order valence-electron chi connectivity index (χ0n) is 19.8. The molecule has 0 saturated carbocycles. The van der Waals surface area contributed by atoms with Crippen LogP contribution in [0.25, 0.3) is 0 Å². The Bertz CT molecular complexity index is 1390. The SMILES string of the molecule is O=C(CSc1n[nH]c(COc2ccc(Cl)cc2)n1)Nc1sc2c(c1C(=O)Nc1ccccc1)CCCC2. The number of fused-ring (bicyclic) bond motifs is 1. The number of H-pyrrole nitrogens is 1. The lowest BCUT2D eigenvalue weighted by molar-refractivity contribution is -0.113. The van der Waals surface area contributed by atoms with Gasteiger partial charge in [0, 0.05) is 15.6 Å². The normalized spacial score (nSPS) is 12.6. The minimum atomic E-state index is -0.221. The molecule has 0 radical (unpaired) electrons. The Balaban J connectivity index is 1.20. The van der Waals surface area contributed by atoms with Crippen LogP contribution in [0.1, 0.15) is 39.5 Å². The molecule has 0 saturated heterocycles. The first-order valence-corrected chi connectivity index (χ1v) is 14.0. The Morgan fingerprint density at radius 2 is 1.84 bits per heavy atom. The number of carbonyl (C=O) groups is 2. The zero-order chi connectivity index (χ0) is 25.6. The standard InChI is InChI=1S/C26H24ClN5O3S2/c27-16-10-12-18(13-11-16)35-14-21-29-26(32-31-21)36-15-22(33)30-25-23(19-8-4-5-9-20(19)37-25)24(34)28-17-6-2-1-3-7-17/h1-3,6-7,10-13H,4-5,8-9,14-15H2,(H,28,34)(H,30,33)(H,29,31,32). The van der Waals surface area contributed by atoms with Crippen LogP contribution < -0.4 is 15.4 Å². The van der Waals surface area contributed by atoms with Crippen molar-refractivity contribution in [2.45, 2.75) is 37.4 Å². The number of halogens is 1. The summed E-state index contributed by atoms with van der Waals surface area (Å²) in [5, 5.41) is 14.6. The van der Waals surface area contributed by atoms with E-state index in [4.69, 9.17) is 16.3 Å². The van der Waals surface area contributed by atoms with Crippen molar-refractivity contribution in [1.82, 2.24) is 15.2 Å². The summed E-state index contributed by atoms with van der Waals surface area (Å²) in [6.07, 6.45) is 3.89. The first kappa shape index (κ1) is 25.3. The van der Waals surface area contributed by atoms with Crippen LogP contribution in [0.15, 0.2) is 59.8 Å². The maximum absolute atomic E-state index is 13.2. The molecule has 1 aliphatic carbocycles. The molecular weight excluding hydrogens is 530 g/mol. The van der Waals surface area contributed by atoms with Crippen molar-refractivity contribution in [2.24, 2.45) is 0 Å². The second-order valence-corrected chi connectivity index (χ2v) is 10.9. The number of anilines is 2. The highest BCUT2D eigenvalue weighted by molar-refractivity contribution is 7.99. The minimum Gasteiger partial charge on any atom is -0.486 e. The molecule has 2 amide bonds. The zero-order valence-corrected chi connectivity index (χ0v) is 22.1. The van der Waals surface area contributed by atoms with E-state index < -0.39 is 0 Å². The number of aromatic nitrogens is 3. The van der Waals surface area contributed by atoms with Gasteiger partial charge >= 0.3 is 0 Å². The first-order chi connectivity index (χ1) is 18.0. The molecule has 8 nitrogen and oxygen atoms in total. The van der Waals surface area contributed by atoms with Crippen molar-refractivity contribution in [1.29, 1.82) is 0 Å². The number of hydrogen-bond acceptors (Lipinski definition) is 7. The van der Waals surface area contributed by atoms with Gasteiger partial charge in [0.05, 0.1) is 11.3 Å². The Morgan fingerprint density at radius 1 is 1.05 bits per heavy atom. The molecule has 2 aromatic carbocycles. The summed E-state index contributed by atoms with van der Waals surface area (Å²) < 4.78 is 5.67. The highest BCUT2D eigenvalue weighted by atomic mass is 35.5. The summed E-state index contributed by atoms with van der Waals surface area (Å²) in [6, 6.07) is 16.4. The quantitative estimate of drug-likeness (QED) is 0.221. The number of aryl methyl sites for hydroxylation is 1. The van der Waals surface area contributed by atoms with Gasteiger partial charge in [-0.2, -0.15) is 0 Å². The molecule has 5 rings (SSSR count). The van der Waals surface area contributed by atoms with Crippen molar-refractivity contribution < 1.29 is 14.3 Å². The Morgan fingerprint density at radius 3 is 2.65 bits per heavy atom. The third-order valence-electron chi connectivity index (χ3n) is 5.72. The van der Waals surface area contributed by atoms with Gasteiger partial charge < -0.3 is 15.4 Å². The number of benzene rings is 2. The average molecular weight is 554 g/mol. The van der Waals surface area contributed by atoms with E-state index in [1.807, 2.05) is 30.3 Å². The third-order valence-corrected chi connectivity index (χ3v) is 8.02. The van der Waals surface area contributed by atoms with E-state index in [1.54, 1.807) is 24.3 Å². The number of rotatable bonds is 9. The molecule has 0 unspecified atom stereocenters. The number of ether oxygens (including phenoxy) is 1. The smallest absolute Gasteiger partial charge is 0.258 e. The monoisotopic (exact) mass is 553 g/mol. The molecule has 0 bridgehead atoms. The van der Waals surface area contributed by atoms with E-state index in [2.05, 4.69) is 25.8 Å². The largest absolute Gasteiger partial charge is 0.486 e. The fourth-order valence-corrected chi connectivity index (χ4v) is 6.04. The van der Waals surface area contributed by atoms with Gasteiger partial charge in [-0.3, -0.25) is 14.7 Å². The molecule has 190 valence electrons. The van der Waals surface area contributed by atoms with Gasteiger partial charge in [-0.05, 0) is 67.6 Å². The van der Waals surface area contributed by atoms with Gasteiger partial charge in [-0.15, -0.1) is 16.4 Å². The van der Waals surface area contributed by atoms with Gasteiger partial charge in [-0.1, -0.05) is 41.6 Å². The van der Waals surface area contributed by atoms with Gasteiger partial charge in [-0.25, -0.2) is 4.98 Å². The van der Waals surface area contributed by atoms with Crippen LogP contribution in [0.3, 0.4) is 0 Å². The highest BCUT2D eigenvalue weighted by Gasteiger charge is 2.26. The lowest BCUT2D eigenvalue weighted by atomic mass is 9.95. The fraction of sp³-hybridized carbons (Fsp3) is 0.231. The van der Waals surface area contributed by atoms with Crippen molar-refractivity contribution in [3.63, 3.8) is 0 Å². The lowest BCUT2D eigenvalue weighted by Gasteiger charge is -2.13. The molecule has 1 aliphatic rings. The summed E-state index contributed by atoms with van der Waals surface area (Å²) in [6.45, 7) is 0.210. The summed E-state index contributed by atoms with van der Waals surface area (Å²) in [7, 11) is 0. The second-order valence-electron chi connectivity index (χ2n) is 8.38. The van der Waals surface area contributed by atoms with Gasteiger partial charge in [0.1, 0.15) is 17.4 Å². The number of thioether (sulfide) groups is 1. The summed E-state index contributed by atoms with van der Waals surface area (Å²) in [5.74, 6) is 0.898. The lowest BCUT2D eigenvalue weighted by Crippen LogP contribution is -2.19. The molecule has 3 N–H and O–H groups in total. The second kappa shape index (κ2) is 11.8. The van der Waals surface area contributed by atoms with Gasteiger partial charge in [0.2, 0.25) is 11.1 Å². The summed E-state index contributed by atoms with van der Waals surface area (Å²) >= 11 is 8.59. The molecular formula is C26H24ClN5O3S2. The van der Waals surface area contributed by atoms with E-state index in [9.17, 15) is 9.59 Å². The number of nitrogens with one attached hydrogen (secondary N) is 3. The van der Waals surface area contributed by atoms with Crippen LogP contribution in [0, 0.1) is 0 Å². The summed E-state index contributed by atoms with van der Waals surface area (Å²) in [5.41, 5.74) is 2.34. The van der Waals surface area contributed by atoms with E-state index >= 15 is 0 Å². The van der Waals surface area contributed by atoms with E-state index in [1.165, 1.54) is 28.0 Å². The predicted octanol–water partition coefficient (Wildman–Crippen LogP) is 5.96. The Hall–Kier alpha value is -3.34. The van der Waals surface area contributed by atoms with Crippen LogP contribution in [0.2, 0.25) is 5.02 Å². The van der Waals surface area contributed by atoms with E-state index in [0.717, 1.165) is 36.9 Å². The molecule has 0 aliphatic heterocycles. The Kier molecular flexibility index (Phi) is 8.08. The highest BCUT2D eigenvalue weighted by Crippen LogP contribution is 2.38. The topological polar surface area (TPSA) is 109 Å². The molecule has 2 heterocycles. The number of hydrogen-bond donors (Lipinski definition) is 3. The van der Waals surface area contributed by atoms with Crippen LogP contribution in [0.5, 0.6) is 5.75 Å². The van der Waals surface area contributed by atoms with Crippen molar-refractivity contribution in [3.05, 3.63) is 81.4 Å². The number of thiophene rings is 1. The molecule has 0 spiro atoms. The maximum atomic E-state index is 13.2. The fourth-order valence-electron chi connectivity index (χ4n) is 3.99. The Labute approximate surface area is 227 Å². The van der Waals surface area contributed by atoms with Crippen molar-refractivity contribution in [3.8, 4) is 5.75 Å². The third kappa shape index (κ3) is 6.51. The molecule has 2 aromatic heterocycles. The molecule has 0 fully saturated rings. The number of para-hydroxylation sites is 1. The van der Waals surface area contributed by atoms with Crippen molar-refractivity contribution in [2.75, 3.05) is 16.4 Å². The van der Waals surface area contributed by atoms with Crippen LogP contribution in [-0.2, 0) is 24.2 Å². The average Bonchev–Trinajstić information content (AvgIpc) is 3.51. The van der Waals surface area contributed by atoms with Gasteiger partial charge in [0.15, 0.2) is 5.82 Å². The van der Waals surface area contributed by atoms with Crippen LogP contribution in [-0.4, -0.2) is 32.7 Å². The summed E-state index contributed by atoms with van der Waals surface area (Å²) in [4.78, 5) is 31.6. The van der Waals surface area contributed by atoms with Crippen LogP contribution in [0.4, 0.5) is 10.7 Å². The van der Waals surface area contributed by atoms with E-state index in [-0.39, 0.29) is 24.2 Å². The predicted molar refractivity (Wildman–Crippen MR) is 147 cm³/mol. The first-order valence-electron chi connectivity index (χ1n) is 11.8. The molecule has 37 heavy (non-hydrogen) atoms.